The highest BCUT2D eigenvalue weighted by molar-refractivity contribution is 5.55. The molecule has 5 nitrogen and oxygen atoms in total. The van der Waals surface area contributed by atoms with Gasteiger partial charge >= 0.3 is 0 Å². The highest BCUT2D eigenvalue weighted by atomic mass is 16.5. The molecule has 0 saturated carbocycles. The number of benzene rings is 1. The van der Waals surface area contributed by atoms with Crippen molar-refractivity contribution in [1.82, 2.24) is 14.5 Å². The van der Waals surface area contributed by atoms with Gasteiger partial charge in [-0.15, -0.1) is 0 Å². The molecule has 0 bridgehead atoms. The van der Waals surface area contributed by atoms with Crippen LogP contribution in [0.4, 0.5) is 0 Å². The average Bonchev–Trinajstić information content (AvgIpc) is 3.18. The van der Waals surface area contributed by atoms with Crippen molar-refractivity contribution >= 4 is 0 Å². The molecule has 0 radical (unpaired) electrons. The van der Waals surface area contributed by atoms with Gasteiger partial charge in [-0.3, -0.25) is 0 Å². The van der Waals surface area contributed by atoms with Crippen LogP contribution in [0.15, 0.2) is 53.3 Å². The Morgan fingerprint density at radius 3 is 2.82 bits per heavy atom. The van der Waals surface area contributed by atoms with Crippen LogP contribution in [0.5, 0.6) is 0 Å². The van der Waals surface area contributed by atoms with Gasteiger partial charge in [0.25, 0.3) is 0 Å². The summed E-state index contributed by atoms with van der Waals surface area (Å²) < 4.78 is 13.4. The molecule has 2 aromatic heterocycles. The Bertz CT molecular complexity index is 718. The van der Waals surface area contributed by atoms with E-state index >= 15 is 0 Å². The average molecular weight is 297 g/mol. The van der Waals surface area contributed by atoms with E-state index in [2.05, 4.69) is 9.97 Å². The van der Waals surface area contributed by atoms with E-state index < -0.39 is 0 Å². The zero-order chi connectivity index (χ0) is 15.4. The molecule has 0 aliphatic rings. The standard InChI is InChI=1S/C17H19N3O2/c1-3-21-13(2)17-18-9-10-20(17)12-16-19-11-15(22-16)14-7-5-4-6-8-14/h4-11,13H,3,12H2,1-2H3. The summed E-state index contributed by atoms with van der Waals surface area (Å²) in [6, 6.07) is 9.95. The lowest BCUT2D eigenvalue weighted by Gasteiger charge is -2.12. The molecule has 3 rings (SSSR count). The molecule has 5 heteroatoms. The van der Waals surface area contributed by atoms with Crippen LogP contribution in [-0.4, -0.2) is 21.1 Å². The van der Waals surface area contributed by atoms with Crippen LogP contribution < -0.4 is 0 Å². The van der Waals surface area contributed by atoms with E-state index in [1.54, 1.807) is 12.4 Å². The van der Waals surface area contributed by atoms with Gasteiger partial charge in [-0.05, 0) is 13.8 Å². The third kappa shape index (κ3) is 3.09. The summed E-state index contributed by atoms with van der Waals surface area (Å²) in [5.74, 6) is 2.30. The van der Waals surface area contributed by atoms with Crippen molar-refractivity contribution < 1.29 is 9.15 Å². The van der Waals surface area contributed by atoms with E-state index in [0.29, 0.717) is 19.0 Å². The molecule has 0 aliphatic carbocycles. The first-order chi connectivity index (χ1) is 10.8. The van der Waals surface area contributed by atoms with Crippen molar-refractivity contribution in [3.05, 3.63) is 60.6 Å². The minimum Gasteiger partial charge on any atom is -0.439 e. The first-order valence-electron chi connectivity index (χ1n) is 7.40. The van der Waals surface area contributed by atoms with Crippen molar-refractivity contribution in [3.63, 3.8) is 0 Å². The molecule has 2 heterocycles. The van der Waals surface area contributed by atoms with Crippen LogP contribution in [0.25, 0.3) is 11.3 Å². The molecule has 0 saturated heterocycles. The molecule has 1 unspecified atom stereocenters. The maximum Gasteiger partial charge on any atom is 0.214 e. The summed E-state index contributed by atoms with van der Waals surface area (Å²) in [7, 11) is 0. The van der Waals surface area contributed by atoms with E-state index in [0.717, 1.165) is 17.1 Å². The first kappa shape index (κ1) is 14.5. The zero-order valence-corrected chi connectivity index (χ0v) is 12.8. The van der Waals surface area contributed by atoms with Gasteiger partial charge in [-0.25, -0.2) is 9.97 Å². The van der Waals surface area contributed by atoms with Crippen LogP contribution in [0.2, 0.25) is 0 Å². The Labute approximate surface area is 129 Å². The van der Waals surface area contributed by atoms with E-state index in [1.165, 1.54) is 0 Å². The smallest absolute Gasteiger partial charge is 0.214 e. The molecule has 1 aromatic carbocycles. The second kappa shape index (κ2) is 6.58. The van der Waals surface area contributed by atoms with Crippen LogP contribution in [0.3, 0.4) is 0 Å². The van der Waals surface area contributed by atoms with Gasteiger partial charge in [0.15, 0.2) is 5.76 Å². The van der Waals surface area contributed by atoms with E-state index in [1.807, 2.05) is 54.9 Å². The third-order valence-electron chi connectivity index (χ3n) is 3.45. The van der Waals surface area contributed by atoms with Crippen molar-refractivity contribution in [1.29, 1.82) is 0 Å². The third-order valence-corrected chi connectivity index (χ3v) is 3.45. The zero-order valence-electron chi connectivity index (χ0n) is 12.8. The van der Waals surface area contributed by atoms with Crippen LogP contribution in [0.1, 0.15) is 31.7 Å². The molecule has 1 atom stereocenters. The fraction of sp³-hybridized carbons (Fsp3) is 0.294. The van der Waals surface area contributed by atoms with Crippen LogP contribution in [0, 0.1) is 0 Å². The number of rotatable bonds is 6. The van der Waals surface area contributed by atoms with Gasteiger partial charge < -0.3 is 13.7 Å². The Kier molecular flexibility index (Phi) is 4.34. The Morgan fingerprint density at radius 1 is 1.23 bits per heavy atom. The quantitative estimate of drug-likeness (QED) is 0.696. The fourth-order valence-electron chi connectivity index (χ4n) is 2.40. The van der Waals surface area contributed by atoms with E-state index in [9.17, 15) is 0 Å². The molecule has 22 heavy (non-hydrogen) atoms. The van der Waals surface area contributed by atoms with Gasteiger partial charge in [0.2, 0.25) is 5.89 Å². The number of hydrogen-bond donors (Lipinski definition) is 0. The summed E-state index contributed by atoms with van der Waals surface area (Å²) in [5, 5.41) is 0. The van der Waals surface area contributed by atoms with E-state index in [-0.39, 0.29) is 6.10 Å². The van der Waals surface area contributed by atoms with Crippen molar-refractivity contribution in [2.24, 2.45) is 0 Å². The Balaban J connectivity index is 1.78. The number of hydrogen-bond acceptors (Lipinski definition) is 4. The predicted molar refractivity (Wildman–Crippen MR) is 83.3 cm³/mol. The number of imidazole rings is 1. The molecular weight excluding hydrogens is 278 g/mol. The molecule has 3 aromatic rings. The monoisotopic (exact) mass is 297 g/mol. The minimum absolute atomic E-state index is 0.0523. The molecule has 0 spiro atoms. The van der Waals surface area contributed by atoms with E-state index in [4.69, 9.17) is 9.15 Å². The number of oxazole rings is 1. The number of aromatic nitrogens is 3. The van der Waals surface area contributed by atoms with Gasteiger partial charge in [-0.2, -0.15) is 0 Å². The predicted octanol–water partition coefficient (Wildman–Crippen LogP) is 3.68. The highest BCUT2D eigenvalue weighted by Gasteiger charge is 2.14. The molecule has 0 aliphatic heterocycles. The molecule has 0 amide bonds. The molecular formula is C17H19N3O2. The maximum atomic E-state index is 5.84. The van der Waals surface area contributed by atoms with Gasteiger partial charge in [0.1, 0.15) is 18.5 Å². The highest BCUT2D eigenvalue weighted by Crippen LogP contribution is 2.21. The molecule has 0 N–H and O–H groups in total. The summed E-state index contributed by atoms with van der Waals surface area (Å²) in [5.41, 5.74) is 1.02. The lowest BCUT2D eigenvalue weighted by molar-refractivity contribution is 0.0675. The summed E-state index contributed by atoms with van der Waals surface area (Å²) in [6.07, 6.45) is 5.39. The van der Waals surface area contributed by atoms with Crippen molar-refractivity contribution in [2.45, 2.75) is 26.5 Å². The SMILES string of the molecule is CCOC(C)c1nccn1Cc1ncc(-c2ccccc2)o1. The Hall–Kier alpha value is -2.40. The largest absolute Gasteiger partial charge is 0.439 e. The summed E-state index contributed by atoms with van der Waals surface area (Å²) in [4.78, 5) is 8.72. The molecule has 114 valence electrons. The van der Waals surface area contributed by atoms with Crippen LogP contribution >= 0.6 is 0 Å². The lowest BCUT2D eigenvalue weighted by atomic mass is 10.2. The molecule has 0 fully saturated rings. The number of nitrogens with zero attached hydrogens (tertiary/aromatic N) is 3. The van der Waals surface area contributed by atoms with Gasteiger partial charge in [0, 0.05) is 24.6 Å². The topological polar surface area (TPSA) is 53.1 Å². The number of ether oxygens (including phenoxy) is 1. The van der Waals surface area contributed by atoms with Gasteiger partial charge in [0.05, 0.1) is 6.20 Å². The second-order valence-corrected chi connectivity index (χ2v) is 5.00. The summed E-state index contributed by atoms with van der Waals surface area (Å²) in [6.45, 7) is 5.17. The normalized spacial score (nSPS) is 12.5. The summed E-state index contributed by atoms with van der Waals surface area (Å²) >= 11 is 0. The minimum atomic E-state index is -0.0523. The fourth-order valence-corrected chi connectivity index (χ4v) is 2.40. The van der Waals surface area contributed by atoms with Crippen molar-refractivity contribution in [2.75, 3.05) is 6.61 Å². The second-order valence-electron chi connectivity index (χ2n) is 5.00. The first-order valence-corrected chi connectivity index (χ1v) is 7.40. The lowest BCUT2D eigenvalue weighted by Crippen LogP contribution is -2.10. The van der Waals surface area contributed by atoms with Crippen molar-refractivity contribution in [3.8, 4) is 11.3 Å². The maximum absolute atomic E-state index is 5.84. The van der Waals surface area contributed by atoms with Crippen LogP contribution in [-0.2, 0) is 11.3 Å². The van der Waals surface area contributed by atoms with Gasteiger partial charge in [-0.1, -0.05) is 30.3 Å². The Morgan fingerprint density at radius 2 is 2.05 bits per heavy atom.